The molecule has 1 atom stereocenters. The first-order valence-corrected chi connectivity index (χ1v) is 10.6. The number of azo groups is 1. The summed E-state index contributed by atoms with van der Waals surface area (Å²) in [5.41, 5.74) is -0.510. The average Bonchev–Trinajstić information content (AvgIpc) is 2.80. The van der Waals surface area contributed by atoms with Gasteiger partial charge in [0.05, 0.1) is 33.1 Å². The Morgan fingerprint density at radius 3 is 2.71 bits per heavy atom. The van der Waals surface area contributed by atoms with Gasteiger partial charge in [0.2, 0.25) is 5.11 Å². The second kappa shape index (κ2) is 9.03. The Balaban J connectivity index is 1.78. The van der Waals surface area contributed by atoms with E-state index >= 15 is 0 Å². The number of nitro benzene ring substituents is 1. The van der Waals surface area contributed by atoms with Crippen LogP contribution in [-0.4, -0.2) is 42.5 Å². The van der Waals surface area contributed by atoms with E-state index in [-0.39, 0.29) is 33.6 Å². The molecule has 172 valence electrons. The van der Waals surface area contributed by atoms with E-state index in [0.717, 1.165) is 21.8 Å². The zero-order chi connectivity index (χ0) is 24.6. The Morgan fingerprint density at radius 2 is 2.00 bits per heavy atom. The minimum atomic E-state index is -1.28. The van der Waals surface area contributed by atoms with Gasteiger partial charge in [-0.25, -0.2) is 9.98 Å². The van der Waals surface area contributed by atoms with Gasteiger partial charge in [0, 0.05) is 6.07 Å². The Hall–Kier alpha value is -4.10. The second-order valence-electron chi connectivity index (χ2n) is 7.03. The van der Waals surface area contributed by atoms with Crippen molar-refractivity contribution in [1.82, 2.24) is 9.66 Å². The highest BCUT2D eigenvalue weighted by atomic mass is 35.5. The van der Waals surface area contributed by atoms with Crippen LogP contribution >= 0.6 is 23.8 Å². The maximum absolute atomic E-state index is 13.4. The van der Waals surface area contributed by atoms with Gasteiger partial charge in [-0.15, -0.1) is 11.6 Å². The number of thiocarbonyl (C=S) groups is 1. The number of phenolic OH excluding ortho intramolecular Hbond substituents is 1. The third kappa shape index (κ3) is 4.02. The number of para-hydroxylation sites is 1. The molecule has 2 aromatic carbocycles. The van der Waals surface area contributed by atoms with Crippen LogP contribution in [0.3, 0.4) is 0 Å². The van der Waals surface area contributed by atoms with Crippen LogP contribution in [0.2, 0.25) is 0 Å². The smallest absolute Gasteiger partial charge is 0.312 e. The number of carbonyl (C=O) groups excluding carboxylic acids is 1. The van der Waals surface area contributed by atoms with Crippen LogP contribution in [0, 0.1) is 10.1 Å². The molecule has 1 aliphatic heterocycles. The molecule has 1 N–H and O–H groups in total. The van der Waals surface area contributed by atoms with Crippen LogP contribution in [0.1, 0.15) is 12.7 Å². The summed E-state index contributed by atoms with van der Waals surface area (Å²) in [6, 6.07) is 8.67. The predicted octanol–water partition coefficient (Wildman–Crippen LogP) is 3.13. The topological polar surface area (TPSA) is 156 Å². The summed E-state index contributed by atoms with van der Waals surface area (Å²) in [6.07, 6.45) is 0. The van der Waals surface area contributed by atoms with E-state index in [1.54, 1.807) is 24.3 Å². The number of aromatic hydroxyl groups is 1. The van der Waals surface area contributed by atoms with Gasteiger partial charge in [0.1, 0.15) is 5.82 Å². The standard InChI is InChI=1S/C20H14ClN7O5S/c1-10-17(25-24-11-6-7-15(29)14(8-11)28(32)33)19(31)27(20(34)22-10)26-16(9-21)23-13-5-3-2-4-12(13)18(26)30/h2-8,17,29H,9H2,1H3. The van der Waals surface area contributed by atoms with Crippen molar-refractivity contribution in [3.63, 3.8) is 0 Å². The summed E-state index contributed by atoms with van der Waals surface area (Å²) in [5, 5.41) is 29.4. The molecular weight excluding hydrogens is 486 g/mol. The van der Waals surface area contributed by atoms with Crippen LogP contribution < -0.4 is 10.6 Å². The fourth-order valence-corrected chi connectivity index (χ4v) is 3.76. The van der Waals surface area contributed by atoms with Gasteiger partial charge in [0.15, 0.2) is 11.8 Å². The maximum atomic E-state index is 13.4. The second-order valence-corrected chi connectivity index (χ2v) is 7.66. The molecule has 12 nitrogen and oxygen atoms in total. The molecule has 0 fully saturated rings. The number of hydrogen-bond donors (Lipinski definition) is 1. The zero-order valence-electron chi connectivity index (χ0n) is 17.3. The molecule has 0 saturated carbocycles. The molecule has 0 bridgehead atoms. The van der Waals surface area contributed by atoms with Gasteiger partial charge in [-0.05, 0) is 43.4 Å². The van der Waals surface area contributed by atoms with Gasteiger partial charge in [0.25, 0.3) is 11.5 Å². The summed E-state index contributed by atoms with van der Waals surface area (Å²) >= 11 is 11.3. The van der Waals surface area contributed by atoms with Crippen molar-refractivity contribution < 1.29 is 14.8 Å². The lowest BCUT2D eigenvalue weighted by Crippen LogP contribution is -2.57. The number of carbonyl (C=O) groups is 1. The Kier molecular flexibility index (Phi) is 6.13. The predicted molar refractivity (Wildman–Crippen MR) is 128 cm³/mol. The van der Waals surface area contributed by atoms with Crippen molar-refractivity contribution in [2.24, 2.45) is 15.2 Å². The van der Waals surface area contributed by atoms with Crippen molar-refractivity contribution in [2.75, 3.05) is 5.01 Å². The Bertz CT molecular complexity index is 1490. The number of nitro groups is 1. The summed E-state index contributed by atoms with van der Waals surface area (Å²) in [7, 11) is 0. The maximum Gasteiger partial charge on any atom is 0.312 e. The van der Waals surface area contributed by atoms with E-state index in [1.165, 1.54) is 13.0 Å². The summed E-state index contributed by atoms with van der Waals surface area (Å²) in [6.45, 7) is 1.51. The average molecular weight is 500 g/mol. The van der Waals surface area contributed by atoms with Gasteiger partial charge < -0.3 is 5.11 Å². The number of nitrogens with zero attached hydrogens (tertiary/aromatic N) is 7. The Labute approximate surface area is 201 Å². The molecule has 14 heteroatoms. The fourth-order valence-electron chi connectivity index (χ4n) is 3.27. The highest BCUT2D eigenvalue weighted by Crippen LogP contribution is 2.30. The Morgan fingerprint density at radius 1 is 1.26 bits per heavy atom. The molecule has 1 amide bonds. The summed E-state index contributed by atoms with van der Waals surface area (Å²) < 4.78 is 0.962. The van der Waals surface area contributed by atoms with Gasteiger partial charge in [-0.3, -0.25) is 19.7 Å². The van der Waals surface area contributed by atoms with E-state index in [2.05, 4.69) is 20.2 Å². The van der Waals surface area contributed by atoms with Crippen molar-refractivity contribution in [2.45, 2.75) is 18.8 Å². The van der Waals surface area contributed by atoms with Crippen LogP contribution in [0.4, 0.5) is 11.4 Å². The number of aliphatic imine (C=N–C) groups is 1. The number of phenols is 1. The van der Waals surface area contributed by atoms with E-state index < -0.39 is 33.9 Å². The molecule has 1 aromatic heterocycles. The largest absolute Gasteiger partial charge is 0.502 e. The van der Waals surface area contributed by atoms with Crippen LogP contribution in [0.15, 0.2) is 62.5 Å². The van der Waals surface area contributed by atoms with Gasteiger partial charge in [-0.1, -0.05) is 12.1 Å². The van der Waals surface area contributed by atoms with Crippen LogP contribution in [0.25, 0.3) is 10.9 Å². The summed E-state index contributed by atoms with van der Waals surface area (Å²) in [5.74, 6) is -1.40. The number of amides is 1. The molecule has 4 rings (SSSR count). The highest BCUT2D eigenvalue weighted by molar-refractivity contribution is 7.80. The third-order valence-corrected chi connectivity index (χ3v) is 5.38. The molecule has 1 aliphatic rings. The first-order valence-electron chi connectivity index (χ1n) is 9.61. The minimum Gasteiger partial charge on any atom is -0.502 e. The van der Waals surface area contributed by atoms with Crippen LogP contribution in [0.5, 0.6) is 5.75 Å². The lowest BCUT2D eigenvalue weighted by atomic mass is 10.1. The highest BCUT2D eigenvalue weighted by Gasteiger charge is 2.37. The van der Waals surface area contributed by atoms with E-state index in [0.29, 0.717) is 5.52 Å². The number of aromatic nitrogens is 2. The van der Waals surface area contributed by atoms with Crippen molar-refractivity contribution >= 4 is 62.8 Å². The molecule has 0 saturated heterocycles. The first-order chi connectivity index (χ1) is 16.2. The van der Waals surface area contributed by atoms with E-state index in [9.17, 15) is 24.8 Å². The van der Waals surface area contributed by atoms with Gasteiger partial charge in [-0.2, -0.15) is 19.9 Å². The van der Waals surface area contributed by atoms with Crippen molar-refractivity contribution in [3.8, 4) is 5.75 Å². The lowest BCUT2D eigenvalue weighted by molar-refractivity contribution is -0.385. The van der Waals surface area contributed by atoms with E-state index in [4.69, 9.17) is 23.8 Å². The SMILES string of the molecule is CC1=NC(=S)N(n2c(CCl)nc3ccccc3c2=O)C(=O)C1N=Nc1ccc(O)c([N+](=O)[O-])c1. The van der Waals surface area contributed by atoms with Crippen molar-refractivity contribution in [1.29, 1.82) is 0 Å². The molecular formula is C20H14ClN7O5S. The number of halogens is 1. The molecule has 0 aliphatic carbocycles. The molecule has 0 radical (unpaired) electrons. The molecule has 2 heterocycles. The number of hydrogen-bond acceptors (Lipinski definition) is 9. The third-order valence-electron chi connectivity index (χ3n) is 4.88. The molecule has 0 spiro atoms. The molecule has 3 aromatic rings. The van der Waals surface area contributed by atoms with Crippen LogP contribution in [-0.2, 0) is 10.7 Å². The monoisotopic (exact) mass is 499 g/mol. The zero-order valence-corrected chi connectivity index (χ0v) is 18.9. The van der Waals surface area contributed by atoms with Gasteiger partial charge >= 0.3 is 5.69 Å². The summed E-state index contributed by atoms with van der Waals surface area (Å²) in [4.78, 5) is 45.4. The number of benzene rings is 2. The molecule has 1 unspecified atom stereocenters. The number of fused-ring (bicyclic) bond motifs is 1. The quantitative estimate of drug-likeness (QED) is 0.186. The minimum absolute atomic E-state index is 0.0239. The number of rotatable bonds is 5. The van der Waals surface area contributed by atoms with Crippen molar-refractivity contribution in [3.05, 3.63) is 68.8 Å². The number of alkyl halides is 1. The fraction of sp³-hybridized carbons (Fsp3) is 0.150. The lowest BCUT2D eigenvalue weighted by Gasteiger charge is -2.30. The first kappa shape index (κ1) is 23.1. The normalized spacial score (nSPS) is 16.4. The van der Waals surface area contributed by atoms with E-state index in [1.807, 2.05) is 0 Å². The molecule has 34 heavy (non-hydrogen) atoms.